The molecule has 0 unspecified atom stereocenters. The summed E-state index contributed by atoms with van der Waals surface area (Å²) in [7, 11) is 1.80. The zero-order chi connectivity index (χ0) is 10.6. The standard InChI is InChI=1S/C10H19NO3/c1-3-4-7-13-8-9-14-10(12)5-6-11-2/h3-4,11H,5-9H2,1-2H3/b4-3+. The second-order valence-electron chi connectivity index (χ2n) is 2.72. The highest BCUT2D eigenvalue weighted by molar-refractivity contribution is 5.69. The first-order valence-electron chi connectivity index (χ1n) is 4.80. The van der Waals surface area contributed by atoms with Crippen molar-refractivity contribution in [1.82, 2.24) is 5.32 Å². The molecule has 4 heteroatoms. The number of rotatable bonds is 8. The number of esters is 1. The summed E-state index contributed by atoms with van der Waals surface area (Å²) in [5, 5.41) is 2.88. The fourth-order valence-electron chi connectivity index (χ4n) is 0.761. The maximum Gasteiger partial charge on any atom is 0.307 e. The molecule has 0 aliphatic rings. The first kappa shape index (κ1) is 13.1. The summed E-state index contributed by atoms with van der Waals surface area (Å²) in [6.07, 6.45) is 4.23. The minimum Gasteiger partial charge on any atom is -0.463 e. The Kier molecular flexibility index (Phi) is 9.58. The Bertz CT molecular complexity index is 169. The minimum absolute atomic E-state index is 0.186. The molecule has 0 aliphatic carbocycles. The smallest absolute Gasteiger partial charge is 0.307 e. The summed E-state index contributed by atoms with van der Waals surface area (Å²) in [4.78, 5) is 11.0. The van der Waals surface area contributed by atoms with Crippen LogP contribution >= 0.6 is 0 Å². The highest BCUT2D eigenvalue weighted by Gasteiger charge is 2.00. The first-order chi connectivity index (χ1) is 6.81. The zero-order valence-corrected chi connectivity index (χ0v) is 8.91. The van der Waals surface area contributed by atoms with E-state index in [0.29, 0.717) is 32.8 Å². The van der Waals surface area contributed by atoms with Crippen LogP contribution in [0.4, 0.5) is 0 Å². The van der Waals surface area contributed by atoms with Crippen molar-refractivity contribution in [2.45, 2.75) is 13.3 Å². The molecule has 0 amide bonds. The molecule has 0 radical (unpaired) electrons. The number of hydrogen-bond acceptors (Lipinski definition) is 4. The van der Waals surface area contributed by atoms with Gasteiger partial charge < -0.3 is 14.8 Å². The van der Waals surface area contributed by atoms with Crippen LogP contribution in [0.3, 0.4) is 0 Å². The normalized spacial score (nSPS) is 10.7. The highest BCUT2D eigenvalue weighted by atomic mass is 16.6. The number of nitrogens with one attached hydrogen (secondary N) is 1. The molecular weight excluding hydrogens is 182 g/mol. The second kappa shape index (κ2) is 10.2. The SMILES string of the molecule is C/C=C/COCCOC(=O)CCNC. The van der Waals surface area contributed by atoms with Crippen molar-refractivity contribution in [3.05, 3.63) is 12.2 Å². The van der Waals surface area contributed by atoms with Gasteiger partial charge >= 0.3 is 5.97 Å². The summed E-state index contributed by atoms with van der Waals surface area (Å²) in [5.41, 5.74) is 0. The molecule has 0 aliphatic heterocycles. The lowest BCUT2D eigenvalue weighted by molar-refractivity contribution is -0.144. The van der Waals surface area contributed by atoms with Gasteiger partial charge in [-0.1, -0.05) is 12.2 Å². The lowest BCUT2D eigenvalue weighted by atomic mass is 10.4. The number of ether oxygens (including phenoxy) is 2. The van der Waals surface area contributed by atoms with Gasteiger partial charge in [0.15, 0.2) is 0 Å². The van der Waals surface area contributed by atoms with E-state index >= 15 is 0 Å². The maximum atomic E-state index is 11.0. The monoisotopic (exact) mass is 201 g/mol. The van der Waals surface area contributed by atoms with Crippen LogP contribution in [0, 0.1) is 0 Å². The fraction of sp³-hybridized carbons (Fsp3) is 0.700. The van der Waals surface area contributed by atoms with Gasteiger partial charge in [0.1, 0.15) is 6.61 Å². The Morgan fingerprint density at radius 2 is 2.21 bits per heavy atom. The number of hydrogen-bond donors (Lipinski definition) is 1. The summed E-state index contributed by atoms with van der Waals surface area (Å²) in [6, 6.07) is 0. The van der Waals surface area contributed by atoms with Crippen molar-refractivity contribution < 1.29 is 14.3 Å². The van der Waals surface area contributed by atoms with Crippen LogP contribution < -0.4 is 5.32 Å². The van der Waals surface area contributed by atoms with Crippen LogP contribution in [0.15, 0.2) is 12.2 Å². The van der Waals surface area contributed by atoms with Gasteiger partial charge in [-0.15, -0.1) is 0 Å². The van der Waals surface area contributed by atoms with Crippen LogP contribution in [0.25, 0.3) is 0 Å². The number of allylic oxidation sites excluding steroid dienone is 1. The summed E-state index contributed by atoms with van der Waals surface area (Å²) in [5.74, 6) is -0.186. The molecule has 0 heterocycles. The molecule has 0 fully saturated rings. The molecule has 0 saturated carbocycles. The minimum atomic E-state index is -0.186. The second-order valence-corrected chi connectivity index (χ2v) is 2.72. The summed E-state index contributed by atoms with van der Waals surface area (Å²) in [6.45, 7) is 3.94. The van der Waals surface area contributed by atoms with Crippen LogP contribution in [-0.2, 0) is 14.3 Å². The zero-order valence-electron chi connectivity index (χ0n) is 8.91. The van der Waals surface area contributed by atoms with Crippen molar-refractivity contribution in [3.8, 4) is 0 Å². The third-order valence-electron chi connectivity index (χ3n) is 1.52. The quantitative estimate of drug-likeness (QED) is 0.357. The van der Waals surface area contributed by atoms with Crippen LogP contribution in [0.1, 0.15) is 13.3 Å². The van der Waals surface area contributed by atoms with Crippen molar-refractivity contribution in [1.29, 1.82) is 0 Å². The topological polar surface area (TPSA) is 47.6 Å². The fourth-order valence-corrected chi connectivity index (χ4v) is 0.761. The van der Waals surface area contributed by atoms with E-state index in [0.717, 1.165) is 0 Å². The molecule has 0 aromatic heterocycles. The van der Waals surface area contributed by atoms with Gasteiger partial charge in [0, 0.05) is 6.54 Å². The van der Waals surface area contributed by atoms with Gasteiger partial charge in [-0.05, 0) is 14.0 Å². The van der Waals surface area contributed by atoms with Crippen molar-refractivity contribution in [2.75, 3.05) is 33.4 Å². The molecular formula is C10H19NO3. The highest BCUT2D eigenvalue weighted by Crippen LogP contribution is 1.85. The predicted octanol–water partition coefficient (Wildman–Crippen LogP) is 0.732. The Morgan fingerprint density at radius 1 is 1.43 bits per heavy atom. The molecule has 0 saturated heterocycles. The van der Waals surface area contributed by atoms with E-state index in [1.165, 1.54) is 0 Å². The third-order valence-corrected chi connectivity index (χ3v) is 1.52. The third kappa shape index (κ3) is 9.22. The van der Waals surface area contributed by atoms with E-state index in [2.05, 4.69) is 5.32 Å². The van der Waals surface area contributed by atoms with Gasteiger partial charge in [-0.25, -0.2) is 0 Å². The van der Waals surface area contributed by atoms with E-state index in [1.807, 2.05) is 19.1 Å². The van der Waals surface area contributed by atoms with Gasteiger partial charge in [0.05, 0.1) is 19.6 Å². The molecule has 0 aromatic rings. The largest absolute Gasteiger partial charge is 0.463 e. The molecule has 0 bridgehead atoms. The predicted molar refractivity (Wildman–Crippen MR) is 55.1 cm³/mol. The van der Waals surface area contributed by atoms with E-state index < -0.39 is 0 Å². The Labute approximate surface area is 85.3 Å². The summed E-state index contributed by atoms with van der Waals surface area (Å²) < 4.78 is 10.0. The number of carbonyl (C=O) groups is 1. The first-order valence-corrected chi connectivity index (χ1v) is 4.80. The molecule has 82 valence electrons. The van der Waals surface area contributed by atoms with Gasteiger partial charge in [-0.3, -0.25) is 4.79 Å². The molecule has 0 atom stereocenters. The van der Waals surface area contributed by atoms with Gasteiger partial charge in [-0.2, -0.15) is 0 Å². The number of carbonyl (C=O) groups excluding carboxylic acids is 1. The van der Waals surface area contributed by atoms with Crippen LogP contribution in [0.5, 0.6) is 0 Å². The lowest BCUT2D eigenvalue weighted by Gasteiger charge is -2.04. The average molecular weight is 201 g/mol. The van der Waals surface area contributed by atoms with Crippen molar-refractivity contribution in [2.24, 2.45) is 0 Å². The van der Waals surface area contributed by atoms with Crippen molar-refractivity contribution >= 4 is 5.97 Å². The molecule has 1 N–H and O–H groups in total. The van der Waals surface area contributed by atoms with Crippen LogP contribution in [0.2, 0.25) is 0 Å². The maximum absolute atomic E-state index is 11.0. The molecule has 0 aromatic carbocycles. The van der Waals surface area contributed by atoms with Crippen molar-refractivity contribution in [3.63, 3.8) is 0 Å². The van der Waals surface area contributed by atoms with E-state index in [1.54, 1.807) is 7.05 Å². The molecule has 0 rings (SSSR count). The van der Waals surface area contributed by atoms with E-state index in [9.17, 15) is 4.79 Å². The average Bonchev–Trinajstić information content (AvgIpc) is 2.20. The van der Waals surface area contributed by atoms with Gasteiger partial charge in [0.2, 0.25) is 0 Å². The Morgan fingerprint density at radius 3 is 2.86 bits per heavy atom. The van der Waals surface area contributed by atoms with E-state index in [-0.39, 0.29) is 5.97 Å². The van der Waals surface area contributed by atoms with Crippen LogP contribution in [-0.4, -0.2) is 39.4 Å². The Balaban J connectivity index is 3.14. The molecule has 14 heavy (non-hydrogen) atoms. The lowest BCUT2D eigenvalue weighted by Crippen LogP contribution is -2.16. The molecule has 4 nitrogen and oxygen atoms in total. The van der Waals surface area contributed by atoms with E-state index in [4.69, 9.17) is 9.47 Å². The Hall–Kier alpha value is -0.870. The summed E-state index contributed by atoms with van der Waals surface area (Å²) >= 11 is 0. The molecule has 0 spiro atoms. The van der Waals surface area contributed by atoms with Gasteiger partial charge in [0.25, 0.3) is 0 Å².